The Bertz CT molecular complexity index is 850. The van der Waals surface area contributed by atoms with Gasteiger partial charge in [0.05, 0.1) is 12.4 Å². The van der Waals surface area contributed by atoms with Crippen molar-refractivity contribution in [2.45, 2.75) is 52.4 Å². The zero-order valence-corrected chi connectivity index (χ0v) is 18.5. The van der Waals surface area contributed by atoms with Gasteiger partial charge in [0, 0.05) is 11.1 Å². The molecule has 0 aliphatic heterocycles. The fourth-order valence-corrected chi connectivity index (χ4v) is 2.63. The Kier molecular flexibility index (Phi) is 7.27. The summed E-state index contributed by atoms with van der Waals surface area (Å²) in [6.45, 7) is 12.7. The molecule has 6 nitrogen and oxygen atoms in total. The maximum atomic E-state index is 12.1. The highest BCUT2D eigenvalue weighted by Crippen LogP contribution is 2.23. The van der Waals surface area contributed by atoms with Crippen LogP contribution < -0.4 is 10.9 Å². The van der Waals surface area contributed by atoms with E-state index in [0.717, 1.165) is 11.1 Å². The molecule has 30 heavy (non-hydrogen) atoms. The molecule has 2 N–H and O–H groups in total. The van der Waals surface area contributed by atoms with Crippen LogP contribution in [0.25, 0.3) is 0 Å². The number of amides is 2. The van der Waals surface area contributed by atoms with Crippen molar-refractivity contribution in [2.24, 2.45) is 10.2 Å². The van der Waals surface area contributed by atoms with Crippen LogP contribution in [0.15, 0.2) is 58.7 Å². The molecule has 2 aromatic carbocycles. The van der Waals surface area contributed by atoms with E-state index in [2.05, 4.69) is 62.6 Å². The van der Waals surface area contributed by atoms with E-state index in [1.807, 2.05) is 24.3 Å². The summed E-state index contributed by atoms with van der Waals surface area (Å²) in [6.07, 6.45) is 2.59. The second-order valence-corrected chi connectivity index (χ2v) is 9.09. The minimum absolute atomic E-state index is 0.0304. The summed E-state index contributed by atoms with van der Waals surface area (Å²) in [5.41, 5.74) is 8.25. The summed E-state index contributed by atoms with van der Waals surface area (Å²) in [6, 6.07) is 14.8. The van der Waals surface area contributed by atoms with E-state index < -0.39 is 0 Å². The SMILES string of the molecule is CC(C)(C)c1ccc(C(=O)NN=CC=NNC(=O)c2ccc(C(C)(C)C)cc2)cc1. The van der Waals surface area contributed by atoms with Gasteiger partial charge in [-0.3, -0.25) is 9.59 Å². The predicted molar refractivity (Wildman–Crippen MR) is 122 cm³/mol. The summed E-state index contributed by atoms with van der Waals surface area (Å²) in [4.78, 5) is 24.2. The number of benzene rings is 2. The molecule has 0 bridgehead atoms. The first-order valence-electron chi connectivity index (χ1n) is 9.85. The molecule has 2 aromatic rings. The van der Waals surface area contributed by atoms with Crippen LogP contribution >= 0.6 is 0 Å². The fraction of sp³-hybridized carbons (Fsp3) is 0.333. The molecule has 158 valence electrons. The van der Waals surface area contributed by atoms with Crippen LogP contribution in [0.3, 0.4) is 0 Å². The molecule has 0 atom stereocenters. The normalized spacial score (nSPS) is 12.3. The van der Waals surface area contributed by atoms with Crippen LogP contribution in [0.4, 0.5) is 0 Å². The largest absolute Gasteiger partial charge is 0.271 e. The molecule has 0 saturated heterocycles. The molecule has 0 radical (unpaired) electrons. The molecule has 0 fully saturated rings. The van der Waals surface area contributed by atoms with Crippen LogP contribution in [-0.4, -0.2) is 24.2 Å². The van der Waals surface area contributed by atoms with Gasteiger partial charge < -0.3 is 0 Å². The van der Waals surface area contributed by atoms with Crippen LogP contribution in [0.5, 0.6) is 0 Å². The van der Waals surface area contributed by atoms with Crippen molar-refractivity contribution in [1.29, 1.82) is 0 Å². The highest BCUT2D eigenvalue weighted by atomic mass is 16.2. The minimum atomic E-state index is -0.317. The van der Waals surface area contributed by atoms with Gasteiger partial charge >= 0.3 is 0 Å². The van der Waals surface area contributed by atoms with Gasteiger partial charge in [-0.1, -0.05) is 65.8 Å². The molecule has 2 rings (SSSR count). The molecular weight excluding hydrogens is 376 g/mol. The average Bonchev–Trinajstić information content (AvgIpc) is 2.69. The number of carbonyl (C=O) groups is 2. The molecular formula is C24H30N4O2. The van der Waals surface area contributed by atoms with E-state index in [1.54, 1.807) is 24.3 Å². The van der Waals surface area contributed by atoms with Gasteiger partial charge in [0.2, 0.25) is 0 Å². The molecule has 0 saturated carbocycles. The van der Waals surface area contributed by atoms with Gasteiger partial charge in [-0.2, -0.15) is 10.2 Å². The fourth-order valence-electron chi connectivity index (χ4n) is 2.63. The predicted octanol–water partition coefficient (Wildman–Crippen LogP) is 4.41. The summed E-state index contributed by atoms with van der Waals surface area (Å²) in [5.74, 6) is -0.633. The topological polar surface area (TPSA) is 82.9 Å². The van der Waals surface area contributed by atoms with Crippen molar-refractivity contribution < 1.29 is 9.59 Å². The van der Waals surface area contributed by atoms with Crippen LogP contribution in [0.2, 0.25) is 0 Å². The first-order chi connectivity index (χ1) is 14.0. The highest BCUT2D eigenvalue weighted by molar-refractivity contribution is 6.16. The molecule has 0 aliphatic carbocycles. The minimum Gasteiger partial charge on any atom is -0.267 e. The quantitative estimate of drug-likeness (QED) is 0.569. The summed E-state index contributed by atoms with van der Waals surface area (Å²) in [5, 5.41) is 7.60. The zero-order valence-electron chi connectivity index (χ0n) is 18.5. The van der Waals surface area contributed by atoms with Gasteiger partial charge in [0.25, 0.3) is 11.8 Å². The van der Waals surface area contributed by atoms with Crippen molar-refractivity contribution >= 4 is 24.2 Å². The van der Waals surface area contributed by atoms with Gasteiger partial charge in [0.15, 0.2) is 0 Å². The Balaban J connectivity index is 1.82. The van der Waals surface area contributed by atoms with Crippen molar-refractivity contribution in [3.63, 3.8) is 0 Å². The Labute approximate surface area is 178 Å². The Morgan fingerprint density at radius 1 is 0.633 bits per heavy atom. The van der Waals surface area contributed by atoms with Gasteiger partial charge in [-0.05, 0) is 46.2 Å². The molecule has 0 aliphatic rings. The van der Waals surface area contributed by atoms with Crippen LogP contribution in [-0.2, 0) is 10.8 Å². The number of hydrogen-bond acceptors (Lipinski definition) is 4. The van der Waals surface area contributed by atoms with E-state index >= 15 is 0 Å². The number of nitrogens with one attached hydrogen (secondary N) is 2. The van der Waals surface area contributed by atoms with Crippen molar-refractivity contribution in [3.05, 3.63) is 70.8 Å². The van der Waals surface area contributed by atoms with E-state index in [0.29, 0.717) is 11.1 Å². The summed E-state index contributed by atoms with van der Waals surface area (Å²) < 4.78 is 0. The number of carbonyl (C=O) groups excluding carboxylic acids is 2. The van der Waals surface area contributed by atoms with Gasteiger partial charge in [0.1, 0.15) is 0 Å². The number of hydrogen-bond donors (Lipinski definition) is 2. The van der Waals surface area contributed by atoms with E-state index in [4.69, 9.17) is 0 Å². The molecule has 0 spiro atoms. The second-order valence-electron chi connectivity index (χ2n) is 9.09. The van der Waals surface area contributed by atoms with Gasteiger partial charge in [-0.25, -0.2) is 10.9 Å². The number of hydrazone groups is 2. The smallest absolute Gasteiger partial charge is 0.267 e. The standard InChI is InChI=1S/C24H30N4O2/c1-23(2,3)19-11-7-17(8-12-19)21(29)27-25-15-16-26-28-22(30)18-9-13-20(14-10-18)24(4,5)6/h7-16H,1-6H3,(H,27,29)(H,28,30). The van der Waals surface area contributed by atoms with E-state index in [-0.39, 0.29) is 22.6 Å². The third-order valence-electron chi connectivity index (χ3n) is 4.57. The van der Waals surface area contributed by atoms with Crippen LogP contribution in [0.1, 0.15) is 73.4 Å². The first kappa shape index (κ1) is 23.0. The third-order valence-corrected chi connectivity index (χ3v) is 4.57. The molecule has 2 amide bonds. The Morgan fingerprint density at radius 3 is 1.20 bits per heavy atom. The Morgan fingerprint density at radius 2 is 0.933 bits per heavy atom. The molecule has 0 heterocycles. The lowest BCUT2D eigenvalue weighted by molar-refractivity contribution is 0.0946. The average molecular weight is 407 g/mol. The highest BCUT2D eigenvalue weighted by Gasteiger charge is 2.15. The monoisotopic (exact) mass is 406 g/mol. The van der Waals surface area contributed by atoms with Gasteiger partial charge in [-0.15, -0.1) is 0 Å². The molecule has 6 heteroatoms. The maximum absolute atomic E-state index is 12.1. The Hall–Kier alpha value is -3.28. The van der Waals surface area contributed by atoms with E-state index in [1.165, 1.54) is 12.4 Å². The maximum Gasteiger partial charge on any atom is 0.271 e. The molecule has 0 unspecified atom stereocenters. The lowest BCUT2D eigenvalue weighted by Gasteiger charge is -2.18. The molecule has 0 aromatic heterocycles. The summed E-state index contributed by atoms with van der Waals surface area (Å²) in [7, 11) is 0. The van der Waals surface area contributed by atoms with Crippen molar-refractivity contribution in [2.75, 3.05) is 0 Å². The summed E-state index contributed by atoms with van der Waals surface area (Å²) >= 11 is 0. The van der Waals surface area contributed by atoms with Crippen molar-refractivity contribution in [3.8, 4) is 0 Å². The number of rotatable bonds is 5. The lowest BCUT2D eigenvalue weighted by atomic mass is 9.87. The first-order valence-corrected chi connectivity index (χ1v) is 9.85. The zero-order chi connectivity index (χ0) is 22.4. The van der Waals surface area contributed by atoms with Crippen molar-refractivity contribution in [1.82, 2.24) is 10.9 Å². The number of nitrogens with zero attached hydrogens (tertiary/aromatic N) is 2. The lowest BCUT2D eigenvalue weighted by Crippen LogP contribution is -2.19. The van der Waals surface area contributed by atoms with E-state index in [9.17, 15) is 9.59 Å². The third kappa shape index (κ3) is 6.65. The second kappa shape index (κ2) is 9.48. The van der Waals surface area contributed by atoms with Crippen LogP contribution in [0, 0.1) is 0 Å².